The Labute approximate surface area is 143 Å². The summed E-state index contributed by atoms with van der Waals surface area (Å²) < 4.78 is 9.78. The third-order valence-corrected chi connectivity index (χ3v) is 3.14. The highest BCUT2D eigenvalue weighted by molar-refractivity contribution is 6.38. The van der Waals surface area contributed by atoms with Crippen LogP contribution in [0.2, 0.25) is 0 Å². The van der Waals surface area contributed by atoms with Crippen molar-refractivity contribution >= 4 is 23.6 Å². The van der Waals surface area contributed by atoms with Gasteiger partial charge in [-0.25, -0.2) is 9.59 Å². The molecule has 0 spiro atoms. The Bertz CT molecular complexity index is 503. The number of hydrogen-bond acceptors (Lipinski definition) is 6. The van der Waals surface area contributed by atoms with Crippen molar-refractivity contribution in [2.75, 3.05) is 19.7 Å². The monoisotopic (exact) mass is 341 g/mol. The lowest BCUT2D eigenvalue weighted by atomic mass is 9.88. The fourth-order valence-electron chi connectivity index (χ4n) is 1.72. The first kappa shape index (κ1) is 21.8. The van der Waals surface area contributed by atoms with Crippen molar-refractivity contribution < 1.29 is 28.7 Å². The molecule has 136 valence electrons. The largest absolute Gasteiger partial charge is 0.461 e. The number of ketones is 1. The fraction of sp³-hybridized carbons (Fsp3) is 0.647. The Morgan fingerprint density at radius 2 is 1.50 bits per heavy atom. The molecule has 0 aromatic heterocycles. The highest BCUT2D eigenvalue weighted by Gasteiger charge is 2.36. The molecule has 0 aliphatic rings. The van der Waals surface area contributed by atoms with Gasteiger partial charge in [-0.2, -0.15) is 0 Å². The molecule has 24 heavy (non-hydrogen) atoms. The molecule has 1 amide bonds. The molecule has 0 fully saturated rings. The molecule has 0 N–H and O–H groups in total. The number of ether oxygens (including phenoxy) is 2. The van der Waals surface area contributed by atoms with E-state index in [9.17, 15) is 19.2 Å². The molecular weight excluding hydrogens is 314 g/mol. The second kappa shape index (κ2) is 9.85. The van der Waals surface area contributed by atoms with E-state index < -0.39 is 29.0 Å². The molecule has 0 radical (unpaired) electrons. The highest BCUT2D eigenvalue weighted by atomic mass is 16.5. The van der Waals surface area contributed by atoms with Gasteiger partial charge in [0.1, 0.15) is 6.61 Å². The third kappa shape index (κ3) is 7.39. The first-order chi connectivity index (χ1) is 11.0. The summed E-state index contributed by atoms with van der Waals surface area (Å²) >= 11 is 0. The molecule has 7 heteroatoms. The topological polar surface area (TPSA) is 90.0 Å². The van der Waals surface area contributed by atoms with Gasteiger partial charge in [-0.05, 0) is 41.5 Å². The number of esters is 2. The van der Waals surface area contributed by atoms with E-state index in [1.165, 1.54) is 18.7 Å². The zero-order chi connectivity index (χ0) is 18.9. The van der Waals surface area contributed by atoms with Crippen LogP contribution in [0.3, 0.4) is 0 Å². The van der Waals surface area contributed by atoms with Crippen molar-refractivity contribution in [3.63, 3.8) is 0 Å². The lowest BCUT2D eigenvalue weighted by Crippen LogP contribution is -2.44. The van der Waals surface area contributed by atoms with Crippen molar-refractivity contribution in [2.24, 2.45) is 5.41 Å². The van der Waals surface area contributed by atoms with E-state index >= 15 is 0 Å². The van der Waals surface area contributed by atoms with Crippen molar-refractivity contribution in [3.05, 3.63) is 12.2 Å². The van der Waals surface area contributed by atoms with E-state index in [2.05, 4.69) is 0 Å². The summed E-state index contributed by atoms with van der Waals surface area (Å²) in [5, 5.41) is 0. The molecule has 0 bridgehead atoms. The Hall–Kier alpha value is -2.18. The van der Waals surface area contributed by atoms with Gasteiger partial charge in [0, 0.05) is 25.2 Å². The van der Waals surface area contributed by atoms with E-state index in [4.69, 9.17) is 9.47 Å². The summed E-state index contributed by atoms with van der Waals surface area (Å²) in [6.45, 7) is 10.6. The third-order valence-electron chi connectivity index (χ3n) is 3.14. The lowest BCUT2D eigenvalue weighted by Gasteiger charge is -2.25. The van der Waals surface area contributed by atoms with Crippen LogP contribution in [0.15, 0.2) is 12.2 Å². The van der Waals surface area contributed by atoms with Gasteiger partial charge >= 0.3 is 11.9 Å². The number of carbonyl (C=O) groups excluding carboxylic acids is 4. The second-order valence-corrected chi connectivity index (χ2v) is 6.12. The normalized spacial score (nSPS) is 11.5. The van der Waals surface area contributed by atoms with E-state index in [-0.39, 0.29) is 12.7 Å². The summed E-state index contributed by atoms with van der Waals surface area (Å²) in [7, 11) is 0. The molecule has 0 unspecified atom stereocenters. The van der Waals surface area contributed by atoms with Crippen LogP contribution in [0.25, 0.3) is 0 Å². The van der Waals surface area contributed by atoms with Crippen LogP contribution < -0.4 is 0 Å². The van der Waals surface area contributed by atoms with Crippen LogP contribution in [-0.2, 0) is 28.7 Å². The molecule has 0 aliphatic heterocycles. The maximum atomic E-state index is 12.2. The van der Waals surface area contributed by atoms with Crippen LogP contribution in [0.5, 0.6) is 0 Å². The minimum absolute atomic E-state index is 0.263. The van der Waals surface area contributed by atoms with Crippen LogP contribution in [0.1, 0.15) is 41.5 Å². The molecule has 0 aromatic rings. The van der Waals surface area contributed by atoms with Gasteiger partial charge in [-0.15, -0.1) is 0 Å². The van der Waals surface area contributed by atoms with Crippen molar-refractivity contribution in [1.82, 2.24) is 4.90 Å². The summed E-state index contributed by atoms with van der Waals surface area (Å²) in [6.07, 6.45) is 1.59. The molecule has 0 saturated heterocycles. The van der Waals surface area contributed by atoms with E-state index in [0.717, 1.165) is 12.2 Å². The number of carbonyl (C=O) groups is 4. The quantitative estimate of drug-likeness (QED) is 0.359. The zero-order valence-corrected chi connectivity index (χ0v) is 15.3. The van der Waals surface area contributed by atoms with Crippen molar-refractivity contribution in [3.8, 4) is 0 Å². The smallest absolute Gasteiger partial charge is 0.331 e. The fourth-order valence-corrected chi connectivity index (χ4v) is 1.72. The van der Waals surface area contributed by atoms with Crippen LogP contribution in [0.4, 0.5) is 0 Å². The summed E-state index contributed by atoms with van der Waals surface area (Å²) in [4.78, 5) is 48.6. The molecule has 0 aromatic carbocycles. The SMILES string of the molecule is CCN(CC)C(=O)C(=O)C(C)(C)COC(=O)/C=C/C(=O)OC(C)C. The average molecular weight is 341 g/mol. The van der Waals surface area contributed by atoms with Crippen LogP contribution in [0, 0.1) is 5.41 Å². The minimum Gasteiger partial charge on any atom is -0.461 e. The van der Waals surface area contributed by atoms with Crippen LogP contribution in [-0.4, -0.2) is 54.3 Å². The van der Waals surface area contributed by atoms with E-state index in [1.807, 2.05) is 0 Å². The Kier molecular flexibility index (Phi) is 8.95. The van der Waals surface area contributed by atoms with E-state index in [1.54, 1.807) is 27.7 Å². The summed E-state index contributed by atoms with van der Waals surface area (Å²) in [5.74, 6) is -2.67. The number of rotatable bonds is 9. The maximum Gasteiger partial charge on any atom is 0.331 e. The van der Waals surface area contributed by atoms with Gasteiger partial charge in [-0.1, -0.05) is 0 Å². The lowest BCUT2D eigenvalue weighted by molar-refractivity contribution is -0.153. The molecule has 7 nitrogen and oxygen atoms in total. The molecule has 0 saturated carbocycles. The number of hydrogen-bond donors (Lipinski definition) is 0. The minimum atomic E-state index is -1.15. The number of amides is 1. The number of Topliss-reactive ketones (excluding diaryl/α,β-unsaturated/α-hetero) is 1. The molecule has 0 rings (SSSR count). The highest BCUT2D eigenvalue weighted by Crippen LogP contribution is 2.19. The summed E-state index contributed by atoms with van der Waals surface area (Å²) in [6, 6.07) is 0. The van der Waals surface area contributed by atoms with Gasteiger partial charge in [0.25, 0.3) is 5.91 Å². The average Bonchev–Trinajstić information content (AvgIpc) is 2.50. The molecule has 0 aliphatic carbocycles. The predicted molar refractivity (Wildman–Crippen MR) is 88.0 cm³/mol. The van der Waals surface area contributed by atoms with Gasteiger partial charge < -0.3 is 14.4 Å². The Morgan fingerprint density at radius 3 is 1.96 bits per heavy atom. The maximum absolute atomic E-state index is 12.2. The van der Waals surface area contributed by atoms with Gasteiger partial charge in [0.2, 0.25) is 5.78 Å². The van der Waals surface area contributed by atoms with Crippen molar-refractivity contribution in [1.29, 1.82) is 0 Å². The van der Waals surface area contributed by atoms with Gasteiger partial charge in [0.15, 0.2) is 0 Å². The zero-order valence-electron chi connectivity index (χ0n) is 15.3. The second-order valence-electron chi connectivity index (χ2n) is 6.12. The van der Waals surface area contributed by atoms with Gasteiger partial charge in [-0.3, -0.25) is 9.59 Å². The van der Waals surface area contributed by atoms with Crippen LogP contribution >= 0.6 is 0 Å². The molecule has 0 heterocycles. The standard InChI is InChI=1S/C17H27NO6/c1-7-18(8-2)16(22)15(21)17(5,6)11-23-13(19)9-10-14(20)24-12(3)4/h9-10,12H,7-8,11H2,1-6H3/b10-9+. The predicted octanol–water partition coefficient (Wildman–Crippen LogP) is 1.50. The van der Waals surface area contributed by atoms with E-state index in [0.29, 0.717) is 13.1 Å². The first-order valence-electron chi connectivity index (χ1n) is 7.94. The Balaban J connectivity index is 4.63. The number of likely N-dealkylation sites (N-methyl/N-ethyl adjacent to an activating group) is 1. The molecular formula is C17H27NO6. The first-order valence-corrected chi connectivity index (χ1v) is 7.94. The molecule has 0 atom stereocenters. The van der Waals surface area contributed by atoms with Crippen molar-refractivity contribution in [2.45, 2.75) is 47.6 Å². The summed E-state index contributed by atoms with van der Waals surface area (Å²) in [5.41, 5.74) is -1.15. The Morgan fingerprint density at radius 1 is 1.00 bits per heavy atom. The van der Waals surface area contributed by atoms with Gasteiger partial charge in [0.05, 0.1) is 11.5 Å². The number of nitrogens with zero attached hydrogens (tertiary/aromatic N) is 1.